The van der Waals surface area contributed by atoms with Crippen LogP contribution in [0.25, 0.3) is 0 Å². The van der Waals surface area contributed by atoms with Crippen LogP contribution in [0, 0.1) is 10.1 Å². The number of benzene rings is 1. The number of hydrogen-bond donors (Lipinski definition) is 2. The molecule has 0 aromatic heterocycles. The molecule has 0 spiro atoms. The zero-order valence-electron chi connectivity index (χ0n) is 10.5. The van der Waals surface area contributed by atoms with Gasteiger partial charge in [-0.15, -0.1) is 0 Å². The van der Waals surface area contributed by atoms with Crippen molar-refractivity contribution in [3.8, 4) is 0 Å². The summed E-state index contributed by atoms with van der Waals surface area (Å²) >= 11 is 0. The topological polar surface area (TPSA) is 93.5 Å². The number of hydrazine groups is 1. The highest BCUT2D eigenvalue weighted by molar-refractivity contribution is 5.79. The van der Waals surface area contributed by atoms with Crippen molar-refractivity contribution >= 4 is 11.6 Å². The van der Waals surface area contributed by atoms with Crippen LogP contribution in [-0.4, -0.2) is 17.4 Å². The first kappa shape index (κ1) is 14.5. The fraction of sp³-hybridized carbons (Fsp3) is 0.250. The number of nitro groups is 1. The van der Waals surface area contributed by atoms with Crippen LogP contribution in [0.1, 0.15) is 12.5 Å². The lowest BCUT2D eigenvalue weighted by molar-refractivity contribution is -0.385. The van der Waals surface area contributed by atoms with E-state index in [9.17, 15) is 14.9 Å². The first-order valence-electron chi connectivity index (χ1n) is 5.63. The van der Waals surface area contributed by atoms with E-state index in [4.69, 9.17) is 4.74 Å². The molecule has 0 bridgehead atoms. The fourth-order valence-corrected chi connectivity index (χ4v) is 1.41. The molecule has 0 aliphatic carbocycles. The Morgan fingerprint density at radius 1 is 1.42 bits per heavy atom. The minimum atomic E-state index is -0.519. The number of amides is 1. The summed E-state index contributed by atoms with van der Waals surface area (Å²) in [4.78, 5) is 21.9. The average molecular weight is 265 g/mol. The summed E-state index contributed by atoms with van der Waals surface area (Å²) < 4.78 is 4.98. The Kier molecular flexibility index (Phi) is 5.34. The standard InChI is InChI=1S/C12H15N3O4/c1-3-19-9(2)13-14-12(16)8-10-6-4-5-7-11(10)15(17)18/h4-7,13H,2-3,8H2,1H3,(H,14,16). The molecule has 0 unspecified atom stereocenters. The Morgan fingerprint density at radius 2 is 2.11 bits per heavy atom. The lowest BCUT2D eigenvalue weighted by Crippen LogP contribution is -2.38. The summed E-state index contributed by atoms with van der Waals surface area (Å²) in [7, 11) is 0. The van der Waals surface area contributed by atoms with Crippen LogP contribution in [0.15, 0.2) is 36.7 Å². The number of rotatable bonds is 7. The number of para-hydroxylation sites is 1. The molecule has 0 fully saturated rings. The van der Waals surface area contributed by atoms with Crippen LogP contribution in [0.3, 0.4) is 0 Å². The normalized spacial score (nSPS) is 9.53. The molecule has 7 nitrogen and oxygen atoms in total. The maximum atomic E-state index is 11.6. The molecular weight excluding hydrogens is 250 g/mol. The third kappa shape index (κ3) is 4.66. The molecule has 0 aliphatic rings. The van der Waals surface area contributed by atoms with Crippen LogP contribution in [-0.2, 0) is 16.0 Å². The van der Waals surface area contributed by atoms with E-state index >= 15 is 0 Å². The number of ether oxygens (including phenoxy) is 1. The van der Waals surface area contributed by atoms with Gasteiger partial charge >= 0.3 is 0 Å². The van der Waals surface area contributed by atoms with Gasteiger partial charge in [-0.2, -0.15) is 0 Å². The molecule has 1 aromatic rings. The maximum absolute atomic E-state index is 11.6. The van der Waals surface area contributed by atoms with Crippen LogP contribution in [0.5, 0.6) is 0 Å². The zero-order valence-corrected chi connectivity index (χ0v) is 10.5. The molecule has 1 rings (SSSR count). The van der Waals surface area contributed by atoms with Crippen molar-refractivity contribution in [1.82, 2.24) is 10.9 Å². The van der Waals surface area contributed by atoms with Crippen molar-refractivity contribution in [2.24, 2.45) is 0 Å². The van der Waals surface area contributed by atoms with E-state index in [0.717, 1.165) is 0 Å². The first-order chi connectivity index (χ1) is 9.04. The monoisotopic (exact) mass is 265 g/mol. The third-order valence-corrected chi connectivity index (χ3v) is 2.20. The quantitative estimate of drug-likeness (QED) is 0.440. The van der Waals surface area contributed by atoms with Gasteiger partial charge in [0.05, 0.1) is 18.0 Å². The molecule has 1 aromatic carbocycles. The number of carbonyl (C=O) groups excluding carboxylic acids is 1. The van der Waals surface area contributed by atoms with Crippen molar-refractivity contribution in [3.63, 3.8) is 0 Å². The fourth-order valence-electron chi connectivity index (χ4n) is 1.41. The van der Waals surface area contributed by atoms with Gasteiger partial charge in [0.25, 0.3) is 5.69 Å². The van der Waals surface area contributed by atoms with Crippen molar-refractivity contribution in [2.45, 2.75) is 13.3 Å². The number of nitrogens with one attached hydrogen (secondary N) is 2. The van der Waals surface area contributed by atoms with Gasteiger partial charge < -0.3 is 4.74 Å². The second-order valence-corrected chi connectivity index (χ2v) is 3.59. The van der Waals surface area contributed by atoms with Crippen LogP contribution >= 0.6 is 0 Å². The summed E-state index contributed by atoms with van der Waals surface area (Å²) in [5, 5.41) is 10.8. The molecule has 19 heavy (non-hydrogen) atoms. The van der Waals surface area contributed by atoms with Gasteiger partial charge in [-0.3, -0.25) is 25.8 Å². The van der Waals surface area contributed by atoms with Crippen LogP contribution in [0.2, 0.25) is 0 Å². The van der Waals surface area contributed by atoms with Gasteiger partial charge in [-0.1, -0.05) is 18.2 Å². The molecule has 2 N–H and O–H groups in total. The highest BCUT2D eigenvalue weighted by atomic mass is 16.6. The molecule has 0 radical (unpaired) electrons. The summed E-state index contributed by atoms with van der Waals surface area (Å²) in [6, 6.07) is 6.08. The molecule has 0 saturated carbocycles. The largest absolute Gasteiger partial charge is 0.479 e. The zero-order chi connectivity index (χ0) is 14.3. The van der Waals surface area contributed by atoms with Crippen molar-refractivity contribution in [1.29, 1.82) is 0 Å². The second kappa shape index (κ2) is 7.00. The third-order valence-electron chi connectivity index (χ3n) is 2.20. The van der Waals surface area contributed by atoms with Crippen LogP contribution in [0.4, 0.5) is 5.69 Å². The van der Waals surface area contributed by atoms with Gasteiger partial charge in [0.1, 0.15) is 0 Å². The summed E-state index contributed by atoms with van der Waals surface area (Å²) in [5.74, 6) is -0.214. The van der Waals surface area contributed by atoms with Crippen molar-refractivity contribution in [3.05, 3.63) is 52.4 Å². The SMILES string of the molecule is C=C(NNC(=O)Cc1ccccc1[N+](=O)[O-])OCC. The molecule has 0 saturated heterocycles. The molecule has 0 atom stereocenters. The molecule has 7 heteroatoms. The summed E-state index contributed by atoms with van der Waals surface area (Å²) in [6.07, 6.45) is -0.108. The van der Waals surface area contributed by atoms with E-state index in [0.29, 0.717) is 12.2 Å². The highest BCUT2D eigenvalue weighted by Gasteiger charge is 2.15. The number of carbonyl (C=O) groups is 1. The number of hydrogen-bond acceptors (Lipinski definition) is 5. The Labute approximate surface area is 110 Å². The lowest BCUT2D eigenvalue weighted by atomic mass is 10.1. The predicted molar refractivity (Wildman–Crippen MR) is 68.8 cm³/mol. The first-order valence-corrected chi connectivity index (χ1v) is 5.63. The smallest absolute Gasteiger partial charge is 0.273 e. The van der Waals surface area contributed by atoms with E-state index < -0.39 is 10.8 Å². The van der Waals surface area contributed by atoms with Gasteiger partial charge in [0.15, 0.2) is 5.88 Å². The predicted octanol–water partition coefficient (Wildman–Crippen LogP) is 1.27. The molecule has 0 heterocycles. The Bertz CT molecular complexity index is 488. The van der Waals surface area contributed by atoms with Gasteiger partial charge in [0.2, 0.25) is 5.91 Å². The summed E-state index contributed by atoms with van der Waals surface area (Å²) in [6.45, 7) is 5.72. The molecule has 1 amide bonds. The maximum Gasteiger partial charge on any atom is 0.273 e. The Hall–Kier alpha value is -2.57. The van der Waals surface area contributed by atoms with Gasteiger partial charge in [-0.05, 0) is 13.5 Å². The minimum Gasteiger partial charge on any atom is -0.479 e. The van der Waals surface area contributed by atoms with Crippen molar-refractivity contribution in [2.75, 3.05) is 6.61 Å². The number of nitro benzene ring substituents is 1. The number of nitrogens with zero attached hydrogens (tertiary/aromatic N) is 1. The van der Waals surface area contributed by atoms with Gasteiger partial charge in [0, 0.05) is 11.6 Å². The van der Waals surface area contributed by atoms with Crippen LogP contribution < -0.4 is 10.9 Å². The highest BCUT2D eigenvalue weighted by Crippen LogP contribution is 2.17. The van der Waals surface area contributed by atoms with Crippen molar-refractivity contribution < 1.29 is 14.5 Å². The van der Waals surface area contributed by atoms with E-state index in [1.165, 1.54) is 12.1 Å². The van der Waals surface area contributed by atoms with E-state index in [1.807, 2.05) is 0 Å². The van der Waals surface area contributed by atoms with E-state index in [2.05, 4.69) is 17.4 Å². The molecule has 102 valence electrons. The van der Waals surface area contributed by atoms with E-state index in [1.54, 1.807) is 19.1 Å². The Morgan fingerprint density at radius 3 is 2.74 bits per heavy atom. The molecule has 0 aliphatic heterocycles. The Balaban J connectivity index is 2.58. The second-order valence-electron chi connectivity index (χ2n) is 3.59. The van der Waals surface area contributed by atoms with E-state index in [-0.39, 0.29) is 18.0 Å². The average Bonchev–Trinajstić information content (AvgIpc) is 2.37. The molecular formula is C12H15N3O4. The lowest BCUT2D eigenvalue weighted by Gasteiger charge is -2.10. The van der Waals surface area contributed by atoms with Gasteiger partial charge in [-0.25, -0.2) is 0 Å². The summed E-state index contributed by atoms with van der Waals surface area (Å²) in [5.41, 5.74) is 5.07. The minimum absolute atomic E-state index is 0.0821.